The molecule has 1 saturated heterocycles. The monoisotopic (exact) mass is 330 g/mol. The Labute approximate surface area is 139 Å². The number of ether oxygens (including phenoxy) is 1. The number of hydrogen-bond donors (Lipinski definition) is 0. The fourth-order valence-electron chi connectivity index (χ4n) is 2.73. The zero-order chi connectivity index (χ0) is 16.8. The molecule has 0 aliphatic carbocycles. The van der Waals surface area contributed by atoms with E-state index in [1.165, 1.54) is 18.3 Å². The lowest BCUT2D eigenvalue weighted by molar-refractivity contribution is -0.133. The molecule has 0 bridgehead atoms. The molecule has 2 aromatic heterocycles. The highest BCUT2D eigenvalue weighted by Gasteiger charge is 2.25. The second-order valence-electron chi connectivity index (χ2n) is 5.71. The van der Waals surface area contributed by atoms with Gasteiger partial charge < -0.3 is 9.64 Å². The van der Waals surface area contributed by atoms with Crippen molar-refractivity contribution in [2.24, 2.45) is 0 Å². The van der Waals surface area contributed by atoms with E-state index in [0.29, 0.717) is 25.9 Å². The lowest BCUT2D eigenvalue weighted by Crippen LogP contribution is -2.44. The molecule has 0 saturated carbocycles. The quantitative estimate of drug-likeness (QED) is 0.839. The number of carbonyl (C=O) groups excluding carboxylic acids is 1. The van der Waals surface area contributed by atoms with Gasteiger partial charge in [-0.1, -0.05) is 0 Å². The third-order valence-electron chi connectivity index (χ3n) is 3.95. The van der Waals surface area contributed by atoms with Gasteiger partial charge in [0.05, 0.1) is 12.2 Å². The Hall–Kier alpha value is -2.57. The van der Waals surface area contributed by atoms with Crippen LogP contribution in [0.15, 0.2) is 36.9 Å². The van der Waals surface area contributed by atoms with Crippen molar-refractivity contribution in [1.29, 1.82) is 0 Å². The Bertz CT molecular complexity index is 683. The summed E-state index contributed by atoms with van der Waals surface area (Å²) in [6, 6.07) is 2.83. The third-order valence-corrected chi connectivity index (χ3v) is 3.95. The van der Waals surface area contributed by atoms with Crippen LogP contribution in [-0.4, -0.2) is 45.0 Å². The van der Waals surface area contributed by atoms with Gasteiger partial charge in [-0.3, -0.25) is 14.8 Å². The summed E-state index contributed by atoms with van der Waals surface area (Å²) in [6.45, 7) is 1.15. The maximum Gasteiger partial charge on any atom is 0.250 e. The van der Waals surface area contributed by atoms with Gasteiger partial charge in [-0.2, -0.15) is 0 Å². The highest BCUT2D eigenvalue weighted by Crippen LogP contribution is 2.19. The minimum Gasteiger partial charge on any atom is -0.470 e. The van der Waals surface area contributed by atoms with E-state index in [0.717, 1.165) is 18.5 Å². The summed E-state index contributed by atoms with van der Waals surface area (Å²) < 4.78 is 19.3. The number of amides is 1. The van der Waals surface area contributed by atoms with E-state index in [2.05, 4.69) is 15.0 Å². The van der Waals surface area contributed by atoms with Gasteiger partial charge in [0, 0.05) is 37.8 Å². The summed E-state index contributed by atoms with van der Waals surface area (Å²) in [5.41, 5.74) is 0.797. The second kappa shape index (κ2) is 7.81. The molecule has 0 radical (unpaired) electrons. The summed E-state index contributed by atoms with van der Waals surface area (Å²) in [5.74, 6) is -0.435. The lowest BCUT2D eigenvalue weighted by Gasteiger charge is -2.32. The Morgan fingerprint density at radius 2 is 2.25 bits per heavy atom. The molecule has 3 heterocycles. The Kier molecular flexibility index (Phi) is 5.30. The number of nitrogens with zero attached hydrogens (tertiary/aromatic N) is 4. The Morgan fingerprint density at radius 1 is 1.33 bits per heavy atom. The van der Waals surface area contributed by atoms with Gasteiger partial charge in [0.25, 0.3) is 5.88 Å². The zero-order valence-corrected chi connectivity index (χ0v) is 13.3. The molecular formula is C17H19FN4O2. The maximum absolute atomic E-state index is 13.6. The number of hydrogen-bond acceptors (Lipinski definition) is 5. The molecule has 7 heteroatoms. The van der Waals surface area contributed by atoms with Crippen molar-refractivity contribution in [3.05, 3.63) is 48.4 Å². The van der Waals surface area contributed by atoms with Crippen molar-refractivity contribution >= 4 is 5.91 Å². The molecule has 1 aliphatic heterocycles. The minimum atomic E-state index is -0.483. The molecule has 1 fully saturated rings. The van der Waals surface area contributed by atoms with Crippen molar-refractivity contribution in [3.63, 3.8) is 0 Å². The molecule has 0 unspecified atom stereocenters. The molecule has 1 atom stereocenters. The van der Waals surface area contributed by atoms with E-state index < -0.39 is 5.82 Å². The van der Waals surface area contributed by atoms with E-state index in [9.17, 15) is 9.18 Å². The minimum absolute atomic E-state index is 0.00337. The largest absolute Gasteiger partial charge is 0.470 e. The maximum atomic E-state index is 13.6. The number of likely N-dealkylation sites (tertiary alicyclic amines) is 1. The van der Waals surface area contributed by atoms with E-state index in [1.54, 1.807) is 23.5 Å². The average molecular weight is 330 g/mol. The van der Waals surface area contributed by atoms with Gasteiger partial charge >= 0.3 is 0 Å². The summed E-state index contributed by atoms with van der Waals surface area (Å²) in [4.78, 5) is 26.2. The molecule has 0 spiro atoms. The van der Waals surface area contributed by atoms with Gasteiger partial charge in [0.15, 0.2) is 5.82 Å². The van der Waals surface area contributed by atoms with Gasteiger partial charge in [-0.25, -0.2) is 9.37 Å². The van der Waals surface area contributed by atoms with Crippen LogP contribution in [0.2, 0.25) is 0 Å². The summed E-state index contributed by atoms with van der Waals surface area (Å²) in [6.07, 6.45) is 8.70. The van der Waals surface area contributed by atoms with E-state index in [-0.39, 0.29) is 17.9 Å². The number of halogens is 1. The SMILES string of the molecule is O=C(CCc1cnccn1)N1CCC[C@H](Oc2ncccc2F)C1. The van der Waals surface area contributed by atoms with E-state index in [4.69, 9.17) is 4.74 Å². The fraction of sp³-hybridized carbons (Fsp3) is 0.412. The van der Waals surface area contributed by atoms with Crippen molar-refractivity contribution in [2.75, 3.05) is 13.1 Å². The zero-order valence-electron chi connectivity index (χ0n) is 13.3. The topological polar surface area (TPSA) is 68.2 Å². The fourth-order valence-corrected chi connectivity index (χ4v) is 2.73. The number of rotatable bonds is 5. The number of piperidine rings is 1. The van der Waals surface area contributed by atoms with Gasteiger partial charge in [-0.05, 0) is 31.4 Å². The predicted molar refractivity (Wildman–Crippen MR) is 84.8 cm³/mol. The normalized spacial score (nSPS) is 17.5. The van der Waals surface area contributed by atoms with Crippen LogP contribution < -0.4 is 4.74 Å². The predicted octanol–water partition coefficient (Wildman–Crippen LogP) is 2.01. The number of carbonyl (C=O) groups is 1. The van der Waals surface area contributed by atoms with E-state index >= 15 is 0 Å². The average Bonchev–Trinajstić information content (AvgIpc) is 2.63. The van der Waals surface area contributed by atoms with Crippen LogP contribution in [0, 0.1) is 5.82 Å². The number of aromatic nitrogens is 3. The van der Waals surface area contributed by atoms with Crippen molar-refractivity contribution in [3.8, 4) is 5.88 Å². The van der Waals surface area contributed by atoms with Gasteiger partial charge in [0.1, 0.15) is 6.10 Å². The summed E-state index contributed by atoms with van der Waals surface area (Å²) >= 11 is 0. The Morgan fingerprint density at radius 3 is 3.04 bits per heavy atom. The first-order valence-corrected chi connectivity index (χ1v) is 8.02. The first kappa shape index (κ1) is 16.3. The third kappa shape index (κ3) is 4.24. The van der Waals surface area contributed by atoms with Crippen molar-refractivity contribution in [2.45, 2.75) is 31.8 Å². The van der Waals surface area contributed by atoms with Crippen LogP contribution in [-0.2, 0) is 11.2 Å². The lowest BCUT2D eigenvalue weighted by atomic mass is 10.1. The second-order valence-corrected chi connectivity index (χ2v) is 5.71. The number of pyridine rings is 1. The highest BCUT2D eigenvalue weighted by molar-refractivity contribution is 5.76. The molecule has 2 aromatic rings. The van der Waals surface area contributed by atoms with E-state index in [1.807, 2.05) is 0 Å². The molecule has 1 amide bonds. The Balaban J connectivity index is 1.53. The van der Waals surface area contributed by atoms with Gasteiger partial charge in [-0.15, -0.1) is 0 Å². The molecule has 6 nitrogen and oxygen atoms in total. The van der Waals surface area contributed by atoms with Crippen molar-refractivity contribution < 1.29 is 13.9 Å². The molecule has 126 valence electrons. The number of aryl methyl sites for hydroxylation is 1. The van der Waals surface area contributed by atoms with Crippen LogP contribution in [0.3, 0.4) is 0 Å². The van der Waals surface area contributed by atoms with Crippen LogP contribution in [0.1, 0.15) is 25.0 Å². The highest BCUT2D eigenvalue weighted by atomic mass is 19.1. The molecule has 0 N–H and O–H groups in total. The summed E-state index contributed by atoms with van der Waals surface area (Å²) in [7, 11) is 0. The molecular weight excluding hydrogens is 311 g/mol. The molecule has 24 heavy (non-hydrogen) atoms. The molecule has 0 aromatic carbocycles. The van der Waals surface area contributed by atoms with Crippen LogP contribution in [0.4, 0.5) is 4.39 Å². The smallest absolute Gasteiger partial charge is 0.250 e. The van der Waals surface area contributed by atoms with Gasteiger partial charge in [0.2, 0.25) is 5.91 Å². The first-order valence-electron chi connectivity index (χ1n) is 8.02. The van der Waals surface area contributed by atoms with Crippen LogP contribution in [0.5, 0.6) is 5.88 Å². The first-order chi connectivity index (χ1) is 11.7. The van der Waals surface area contributed by atoms with Crippen LogP contribution in [0.25, 0.3) is 0 Å². The standard InChI is InChI=1S/C17H19FN4O2/c18-15-4-1-7-21-17(15)24-14-3-2-10-22(12-14)16(23)6-5-13-11-19-8-9-20-13/h1,4,7-9,11,14H,2-3,5-6,10,12H2/t14-/m0/s1. The molecule has 1 aliphatic rings. The van der Waals surface area contributed by atoms with Crippen molar-refractivity contribution in [1.82, 2.24) is 19.9 Å². The molecule has 3 rings (SSSR count). The van der Waals surface area contributed by atoms with Crippen LogP contribution >= 0.6 is 0 Å². The summed E-state index contributed by atoms with van der Waals surface area (Å²) in [5, 5.41) is 0.